The Kier molecular flexibility index (Phi) is 4.64. The van der Waals surface area contributed by atoms with Gasteiger partial charge >= 0.3 is 0 Å². The van der Waals surface area contributed by atoms with Crippen molar-refractivity contribution in [2.45, 2.75) is 31.0 Å². The molecule has 2 heterocycles. The van der Waals surface area contributed by atoms with Crippen LogP contribution >= 0.6 is 0 Å². The largest absolute Gasteiger partial charge is 0.484 e. The zero-order valence-corrected chi connectivity index (χ0v) is 13.0. The minimum Gasteiger partial charge on any atom is -0.484 e. The van der Waals surface area contributed by atoms with Crippen molar-refractivity contribution in [3.63, 3.8) is 0 Å². The SMILES string of the molecule is COC1COC2(CCN(C(=O)COc3ccccc3)CC2)C1. The second-order valence-corrected chi connectivity index (χ2v) is 6.04. The Hall–Kier alpha value is -1.59. The second-order valence-electron chi connectivity index (χ2n) is 6.04. The lowest BCUT2D eigenvalue weighted by Gasteiger charge is -2.38. The van der Waals surface area contributed by atoms with Crippen LogP contribution < -0.4 is 4.74 Å². The molecule has 1 unspecified atom stereocenters. The fourth-order valence-corrected chi connectivity index (χ4v) is 3.22. The van der Waals surface area contributed by atoms with Crippen LogP contribution in [0, 0.1) is 0 Å². The number of benzene rings is 1. The number of para-hydroxylation sites is 1. The van der Waals surface area contributed by atoms with E-state index in [-0.39, 0.29) is 24.2 Å². The van der Waals surface area contributed by atoms with E-state index in [4.69, 9.17) is 14.2 Å². The molecule has 2 fully saturated rings. The standard InChI is InChI=1S/C17H23NO4/c1-20-15-11-17(22-12-15)7-9-18(10-8-17)16(19)13-21-14-5-3-2-4-6-14/h2-6,15H,7-13H2,1H3. The highest BCUT2D eigenvalue weighted by molar-refractivity contribution is 5.77. The highest BCUT2D eigenvalue weighted by Crippen LogP contribution is 2.36. The van der Waals surface area contributed by atoms with E-state index in [0.29, 0.717) is 6.61 Å². The van der Waals surface area contributed by atoms with Crippen molar-refractivity contribution < 1.29 is 19.0 Å². The second kappa shape index (κ2) is 6.67. The maximum absolute atomic E-state index is 12.2. The Balaban J connectivity index is 1.46. The van der Waals surface area contributed by atoms with Crippen molar-refractivity contribution in [2.75, 3.05) is 33.4 Å². The third-order valence-electron chi connectivity index (χ3n) is 4.64. The average molecular weight is 305 g/mol. The summed E-state index contributed by atoms with van der Waals surface area (Å²) >= 11 is 0. The Morgan fingerprint density at radius 1 is 1.32 bits per heavy atom. The molecule has 1 amide bonds. The molecule has 120 valence electrons. The molecule has 5 heteroatoms. The predicted molar refractivity (Wildman–Crippen MR) is 81.8 cm³/mol. The van der Waals surface area contributed by atoms with E-state index in [0.717, 1.165) is 38.1 Å². The quantitative estimate of drug-likeness (QED) is 0.852. The summed E-state index contributed by atoms with van der Waals surface area (Å²) in [5, 5.41) is 0. The lowest BCUT2D eigenvalue weighted by Crippen LogP contribution is -2.47. The summed E-state index contributed by atoms with van der Waals surface area (Å²) in [4.78, 5) is 14.1. The average Bonchev–Trinajstić information content (AvgIpc) is 2.97. The lowest BCUT2D eigenvalue weighted by molar-refractivity contribution is -0.138. The maximum atomic E-state index is 12.2. The number of hydrogen-bond donors (Lipinski definition) is 0. The molecule has 0 saturated carbocycles. The van der Waals surface area contributed by atoms with E-state index in [1.165, 1.54) is 0 Å². The molecule has 0 bridgehead atoms. The summed E-state index contributed by atoms with van der Waals surface area (Å²) < 4.78 is 16.9. The number of carbonyl (C=O) groups is 1. The van der Waals surface area contributed by atoms with Gasteiger partial charge in [0.05, 0.1) is 18.3 Å². The molecule has 2 aliphatic heterocycles. The topological polar surface area (TPSA) is 48.0 Å². The number of piperidine rings is 1. The lowest BCUT2D eigenvalue weighted by atomic mass is 9.88. The molecular weight excluding hydrogens is 282 g/mol. The van der Waals surface area contributed by atoms with Gasteiger partial charge < -0.3 is 19.1 Å². The summed E-state index contributed by atoms with van der Waals surface area (Å²) in [5.74, 6) is 0.770. The first-order valence-electron chi connectivity index (χ1n) is 7.83. The van der Waals surface area contributed by atoms with Crippen molar-refractivity contribution in [1.82, 2.24) is 4.90 Å². The molecule has 0 radical (unpaired) electrons. The summed E-state index contributed by atoms with van der Waals surface area (Å²) in [7, 11) is 1.73. The fraction of sp³-hybridized carbons (Fsp3) is 0.588. The van der Waals surface area contributed by atoms with Crippen LogP contribution in [0.2, 0.25) is 0 Å². The zero-order chi connectivity index (χ0) is 15.4. The smallest absolute Gasteiger partial charge is 0.260 e. The van der Waals surface area contributed by atoms with Gasteiger partial charge in [-0.1, -0.05) is 18.2 Å². The van der Waals surface area contributed by atoms with Crippen LogP contribution in [0.15, 0.2) is 30.3 Å². The zero-order valence-electron chi connectivity index (χ0n) is 13.0. The Morgan fingerprint density at radius 2 is 2.05 bits per heavy atom. The molecule has 0 aliphatic carbocycles. The van der Waals surface area contributed by atoms with Gasteiger partial charge in [-0.3, -0.25) is 4.79 Å². The van der Waals surface area contributed by atoms with Gasteiger partial charge in [0.2, 0.25) is 0 Å². The molecular formula is C17H23NO4. The summed E-state index contributed by atoms with van der Waals surface area (Å²) in [6.45, 7) is 2.22. The van der Waals surface area contributed by atoms with Crippen LogP contribution in [-0.2, 0) is 14.3 Å². The van der Waals surface area contributed by atoms with E-state index >= 15 is 0 Å². The molecule has 22 heavy (non-hydrogen) atoms. The normalized spacial score (nSPS) is 23.7. The van der Waals surface area contributed by atoms with Crippen LogP contribution in [0.3, 0.4) is 0 Å². The van der Waals surface area contributed by atoms with Crippen molar-refractivity contribution in [1.29, 1.82) is 0 Å². The molecule has 2 aliphatic rings. The first-order valence-corrected chi connectivity index (χ1v) is 7.83. The van der Waals surface area contributed by atoms with E-state index in [1.807, 2.05) is 35.2 Å². The molecule has 1 atom stereocenters. The molecule has 0 aromatic heterocycles. The number of rotatable bonds is 4. The van der Waals surface area contributed by atoms with Crippen LogP contribution in [0.25, 0.3) is 0 Å². The Morgan fingerprint density at radius 3 is 2.68 bits per heavy atom. The van der Waals surface area contributed by atoms with Gasteiger partial charge in [0.1, 0.15) is 5.75 Å². The van der Waals surface area contributed by atoms with E-state index in [9.17, 15) is 4.79 Å². The van der Waals surface area contributed by atoms with Gasteiger partial charge in [-0.15, -0.1) is 0 Å². The van der Waals surface area contributed by atoms with Gasteiger partial charge in [-0.05, 0) is 25.0 Å². The Labute approximate surface area is 131 Å². The molecule has 3 rings (SSSR count). The number of hydrogen-bond acceptors (Lipinski definition) is 4. The molecule has 1 aromatic carbocycles. The summed E-state index contributed by atoms with van der Waals surface area (Å²) in [5.41, 5.74) is -0.0856. The third kappa shape index (κ3) is 3.42. The molecule has 1 spiro atoms. The monoisotopic (exact) mass is 305 g/mol. The van der Waals surface area contributed by atoms with Crippen molar-refractivity contribution >= 4 is 5.91 Å². The Bertz CT molecular complexity index is 497. The van der Waals surface area contributed by atoms with Gasteiger partial charge in [-0.2, -0.15) is 0 Å². The minimum atomic E-state index is -0.0856. The molecule has 5 nitrogen and oxygen atoms in total. The van der Waals surface area contributed by atoms with E-state index in [2.05, 4.69) is 0 Å². The fourth-order valence-electron chi connectivity index (χ4n) is 3.22. The number of ether oxygens (including phenoxy) is 3. The summed E-state index contributed by atoms with van der Waals surface area (Å²) in [6.07, 6.45) is 2.89. The molecule has 1 aromatic rings. The maximum Gasteiger partial charge on any atom is 0.260 e. The molecule has 0 N–H and O–H groups in total. The summed E-state index contributed by atoms with van der Waals surface area (Å²) in [6, 6.07) is 9.43. The first kappa shape index (κ1) is 15.3. The van der Waals surface area contributed by atoms with Crippen LogP contribution in [0.4, 0.5) is 0 Å². The van der Waals surface area contributed by atoms with Crippen LogP contribution in [0.1, 0.15) is 19.3 Å². The minimum absolute atomic E-state index is 0.0417. The number of nitrogens with zero attached hydrogens (tertiary/aromatic N) is 1. The predicted octanol–water partition coefficient (Wildman–Crippen LogP) is 1.86. The van der Waals surface area contributed by atoms with Crippen molar-refractivity contribution in [2.24, 2.45) is 0 Å². The van der Waals surface area contributed by atoms with E-state index in [1.54, 1.807) is 7.11 Å². The van der Waals surface area contributed by atoms with Gasteiger partial charge in [0.15, 0.2) is 6.61 Å². The highest BCUT2D eigenvalue weighted by atomic mass is 16.6. The van der Waals surface area contributed by atoms with Gasteiger partial charge in [0.25, 0.3) is 5.91 Å². The van der Waals surface area contributed by atoms with E-state index < -0.39 is 0 Å². The third-order valence-corrected chi connectivity index (χ3v) is 4.64. The number of amides is 1. The van der Waals surface area contributed by atoms with Crippen LogP contribution in [0.5, 0.6) is 5.75 Å². The van der Waals surface area contributed by atoms with Crippen molar-refractivity contribution in [3.05, 3.63) is 30.3 Å². The number of methoxy groups -OCH3 is 1. The van der Waals surface area contributed by atoms with Gasteiger partial charge in [-0.25, -0.2) is 0 Å². The van der Waals surface area contributed by atoms with Gasteiger partial charge in [0, 0.05) is 26.6 Å². The number of likely N-dealkylation sites (tertiary alicyclic amines) is 1. The van der Waals surface area contributed by atoms with Crippen LogP contribution in [-0.4, -0.2) is 55.9 Å². The molecule has 2 saturated heterocycles. The highest BCUT2D eigenvalue weighted by Gasteiger charge is 2.43. The van der Waals surface area contributed by atoms with Crippen molar-refractivity contribution in [3.8, 4) is 5.75 Å². The first-order chi connectivity index (χ1) is 10.7. The number of carbonyl (C=O) groups excluding carboxylic acids is 1.